The van der Waals surface area contributed by atoms with Crippen LogP contribution in [0, 0.1) is 6.92 Å². The molecule has 0 radical (unpaired) electrons. The fraction of sp³-hybridized carbons (Fsp3) is 0.348. The minimum absolute atomic E-state index is 0.0244. The van der Waals surface area contributed by atoms with Crippen LogP contribution < -0.4 is 5.32 Å². The van der Waals surface area contributed by atoms with Crippen molar-refractivity contribution in [2.75, 3.05) is 25.0 Å². The van der Waals surface area contributed by atoms with Gasteiger partial charge in [0, 0.05) is 43.4 Å². The van der Waals surface area contributed by atoms with Gasteiger partial charge in [0.15, 0.2) is 0 Å². The lowest BCUT2D eigenvalue weighted by Crippen LogP contribution is -2.38. The molecule has 0 saturated carbocycles. The number of amides is 2. The van der Waals surface area contributed by atoms with E-state index in [9.17, 15) is 9.59 Å². The van der Waals surface area contributed by atoms with Gasteiger partial charge in [0.1, 0.15) is 0 Å². The molecule has 3 aromatic rings. The zero-order chi connectivity index (χ0) is 21.1. The summed E-state index contributed by atoms with van der Waals surface area (Å²) in [5.74, 6) is 0.0244. The molecule has 1 fully saturated rings. The Morgan fingerprint density at radius 1 is 1.23 bits per heavy atom. The largest absolute Gasteiger partial charge is 0.355 e. The average Bonchev–Trinajstić information content (AvgIpc) is 3.41. The van der Waals surface area contributed by atoms with Gasteiger partial charge in [0.2, 0.25) is 12.3 Å². The number of benzene rings is 2. The zero-order valence-electron chi connectivity index (χ0n) is 17.5. The first kappa shape index (κ1) is 19.9. The standard InChI is InChI=1S/C23H27N5O2/c1-17-18(14-27(16-29)15-23(30)28-10-3-4-11-28)6-5-7-21(17)25-20-8-9-22-19(12-20)13-24-26(22)2/h5-9,12-13,16,25H,3-4,10-11,14-15H2,1-2H3. The number of carbonyl (C=O) groups is 2. The third-order valence-electron chi connectivity index (χ3n) is 5.79. The molecule has 0 atom stereocenters. The Hall–Kier alpha value is -3.35. The Bertz CT molecular complexity index is 1070. The molecule has 2 heterocycles. The highest BCUT2D eigenvalue weighted by molar-refractivity contribution is 5.84. The summed E-state index contributed by atoms with van der Waals surface area (Å²) in [6.45, 7) is 4.16. The monoisotopic (exact) mass is 405 g/mol. The molecule has 0 unspecified atom stereocenters. The molecule has 7 heteroatoms. The summed E-state index contributed by atoms with van der Waals surface area (Å²) < 4.78 is 1.85. The Morgan fingerprint density at radius 2 is 2.03 bits per heavy atom. The number of rotatable bonds is 7. The van der Waals surface area contributed by atoms with E-state index in [1.165, 1.54) is 0 Å². The van der Waals surface area contributed by atoms with Gasteiger partial charge in [0.25, 0.3) is 0 Å². The van der Waals surface area contributed by atoms with Crippen LogP contribution >= 0.6 is 0 Å². The molecule has 0 bridgehead atoms. The van der Waals surface area contributed by atoms with E-state index in [1.807, 2.05) is 60.1 Å². The molecule has 4 rings (SSSR count). The minimum Gasteiger partial charge on any atom is -0.355 e. The Balaban J connectivity index is 1.48. The summed E-state index contributed by atoms with van der Waals surface area (Å²) in [7, 11) is 1.93. The Morgan fingerprint density at radius 3 is 2.80 bits per heavy atom. The van der Waals surface area contributed by atoms with Gasteiger partial charge in [-0.3, -0.25) is 14.3 Å². The summed E-state index contributed by atoms with van der Waals surface area (Å²) >= 11 is 0. The minimum atomic E-state index is 0.0244. The second-order valence-corrected chi connectivity index (χ2v) is 7.85. The molecule has 1 aromatic heterocycles. The van der Waals surface area contributed by atoms with E-state index in [2.05, 4.69) is 16.5 Å². The van der Waals surface area contributed by atoms with Crippen molar-refractivity contribution in [2.45, 2.75) is 26.3 Å². The lowest BCUT2D eigenvalue weighted by molar-refractivity contribution is -0.135. The van der Waals surface area contributed by atoms with E-state index in [0.717, 1.165) is 65.7 Å². The molecule has 0 aliphatic carbocycles. The summed E-state index contributed by atoms with van der Waals surface area (Å²) in [5.41, 5.74) is 5.11. The highest BCUT2D eigenvalue weighted by Gasteiger charge is 2.20. The van der Waals surface area contributed by atoms with Gasteiger partial charge < -0.3 is 15.1 Å². The third kappa shape index (κ3) is 4.15. The SMILES string of the molecule is Cc1c(CN(C=O)CC(=O)N2CCCC2)cccc1Nc1ccc2c(cnn2C)c1. The average molecular weight is 406 g/mol. The normalized spacial score (nSPS) is 13.6. The van der Waals surface area contributed by atoms with Gasteiger partial charge in [-0.15, -0.1) is 0 Å². The maximum absolute atomic E-state index is 12.4. The molecule has 0 spiro atoms. The van der Waals surface area contributed by atoms with Crippen LogP contribution in [0.15, 0.2) is 42.6 Å². The van der Waals surface area contributed by atoms with Crippen molar-refractivity contribution in [1.29, 1.82) is 0 Å². The fourth-order valence-electron chi connectivity index (χ4n) is 3.98. The molecule has 30 heavy (non-hydrogen) atoms. The molecule has 7 nitrogen and oxygen atoms in total. The van der Waals surface area contributed by atoms with Crippen LogP contribution in [0.3, 0.4) is 0 Å². The number of hydrogen-bond acceptors (Lipinski definition) is 4. The van der Waals surface area contributed by atoms with E-state index < -0.39 is 0 Å². The highest BCUT2D eigenvalue weighted by atomic mass is 16.2. The predicted octanol–water partition coefficient (Wildman–Crippen LogP) is 3.21. The Labute approximate surface area is 176 Å². The van der Waals surface area contributed by atoms with Crippen molar-refractivity contribution < 1.29 is 9.59 Å². The Kier molecular flexibility index (Phi) is 5.70. The van der Waals surface area contributed by atoms with Crippen LogP contribution in [0.4, 0.5) is 11.4 Å². The maximum atomic E-state index is 12.4. The highest BCUT2D eigenvalue weighted by Crippen LogP contribution is 2.26. The van der Waals surface area contributed by atoms with Gasteiger partial charge in [-0.25, -0.2) is 0 Å². The van der Waals surface area contributed by atoms with Crippen LogP contribution in [-0.2, 0) is 23.2 Å². The number of aryl methyl sites for hydroxylation is 1. The number of anilines is 2. The van der Waals surface area contributed by atoms with Crippen LogP contribution in [-0.4, -0.2) is 51.5 Å². The van der Waals surface area contributed by atoms with Crippen LogP contribution in [0.1, 0.15) is 24.0 Å². The third-order valence-corrected chi connectivity index (χ3v) is 5.79. The summed E-state index contributed by atoms with van der Waals surface area (Å²) in [6, 6.07) is 12.1. The quantitative estimate of drug-likeness (QED) is 0.613. The summed E-state index contributed by atoms with van der Waals surface area (Å²) in [5, 5.41) is 8.83. The first-order chi connectivity index (χ1) is 14.5. The topological polar surface area (TPSA) is 70.5 Å². The maximum Gasteiger partial charge on any atom is 0.242 e. The summed E-state index contributed by atoms with van der Waals surface area (Å²) in [6.07, 6.45) is 4.71. The van der Waals surface area contributed by atoms with Crippen LogP contribution in [0.2, 0.25) is 0 Å². The summed E-state index contributed by atoms with van der Waals surface area (Å²) in [4.78, 5) is 27.4. The van der Waals surface area contributed by atoms with Crippen molar-refractivity contribution in [3.8, 4) is 0 Å². The molecule has 1 aliphatic heterocycles. The van der Waals surface area contributed by atoms with Crippen molar-refractivity contribution in [3.63, 3.8) is 0 Å². The molecule has 2 aromatic carbocycles. The van der Waals surface area contributed by atoms with E-state index in [1.54, 1.807) is 4.90 Å². The van der Waals surface area contributed by atoms with Gasteiger partial charge in [-0.2, -0.15) is 5.10 Å². The zero-order valence-corrected chi connectivity index (χ0v) is 17.5. The lowest BCUT2D eigenvalue weighted by Gasteiger charge is -2.23. The fourth-order valence-corrected chi connectivity index (χ4v) is 3.98. The number of nitrogens with zero attached hydrogens (tertiary/aromatic N) is 4. The number of likely N-dealkylation sites (tertiary alicyclic amines) is 1. The van der Waals surface area contributed by atoms with Crippen molar-refractivity contribution >= 4 is 34.6 Å². The molecular formula is C23H27N5O2. The number of nitrogens with one attached hydrogen (secondary N) is 1. The van der Waals surface area contributed by atoms with Gasteiger partial charge >= 0.3 is 0 Å². The molecule has 1 saturated heterocycles. The van der Waals surface area contributed by atoms with Gasteiger partial charge in [0.05, 0.1) is 18.3 Å². The van der Waals surface area contributed by atoms with Crippen LogP contribution in [0.25, 0.3) is 10.9 Å². The first-order valence-corrected chi connectivity index (χ1v) is 10.3. The molecule has 156 valence electrons. The predicted molar refractivity (Wildman–Crippen MR) is 117 cm³/mol. The molecular weight excluding hydrogens is 378 g/mol. The van der Waals surface area contributed by atoms with E-state index in [0.29, 0.717) is 6.54 Å². The smallest absolute Gasteiger partial charge is 0.242 e. The number of aromatic nitrogens is 2. The van der Waals surface area contributed by atoms with Gasteiger partial charge in [-0.05, 0) is 55.2 Å². The van der Waals surface area contributed by atoms with Gasteiger partial charge in [-0.1, -0.05) is 12.1 Å². The number of fused-ring (bicyclic) bond motifs is 1. The first-order valence-electron chi connectivity index (χ1n) is 10.3. The molecule has 1 N–H and O–H groups in total. The second kappa shape index (κ2) is 8.57. The number of hydrogen-bond donors (Lipinski definition) is 1. The van der Waals surface area contributed by atoms with E-state index in [4.69, 9.17) is 0 Å². The van der Waals surface area contributed by atoms with Crippen molar-refractivity contribution in [3.05, 3.63) is 53.7 Å². The molecule has 1 aliphatic rings. The van der Waals surface area contributed by atoms with E-state index in [-0.39, 0.29) is 12.5 Å². The lowest BCUT2D eigenvalue weighted by atomic mass is 10.1. The van der Waals surface area contributed by atoms with Crippen molar-refractivity contribution in [1.82, 2.24) is 19.6 Å². The van der Waals surface area contributed by atoms with Crippen LogP contribution in [0.5, 0.6) is 0 Å². The second-order valence-electron chi connectivity index (χ2n) is 7.85. The van der Waals surface area contributed by atoms with E-state index >= 15 is 0 Å². The number of carbonyl (C=O) groups excluding carboxylic acids is 2. The molecule has 2 amide bonds. The van der Waals surface area contributed by atoms with Crippen molar-refractivity contribution in [2.24, 2.45) is 7.05 Å².